The molecule has 8 heteroatoms. The van der Waals surface area contributed by atoms with Crippen LogP contribution in [0.5, 0.6) is 0 Å². The van der Waals surface area contributed by atoms with Gasteiger partial charge in [-0.3, -0.25) is 15.0 Å². The molecule has 32 heavy (non-hydrogen) atoms. The van der Waals surface area contributed by atoms with Crippen LogP contribution in [0.2, 0.25) is 0 Å². The lowest BCUT2D eigenvalue weighted by atomic mass is 10.0. The van der Waals surface area contributed by atoms with Gasteiger partial charge in [0.1, 0.15) is 6.04 Å². The van der Waals surface area contributed by atoms with E-state index in [4.69, 9.17) is 16.9 Å². The van der Waals surface area contributed by atoms with Crippen molar-refractivity contribution in [2.45, 2.75) is 43.8 Å². The highest BCUT2D eigenvalue weighted by molar-refractivity contribution is 5.90. The first kappa shape index (κ1) is 23.3. The molecule has 1 fully saturated rings. The summed E-state index contributed by atoms with van der Waals surface area (Å²) >= 11 is 0. The number of likely N-dealkylation sites (tertiary alicyclic amines) is 1. The summed E-state index contributed by atoms with van der Waals surface area (Å²) in [6, 6.07) is 17.7. The second-order valence-corrected chi connectivity index (χ2v) is 8.20. The standard InChI is InChI=1S/C24H32N6O2/c25-20(15-17-7-3-1-4-8-17)22(31)29-21(16-18-9-5-2-6-10-18)23(32)28-19-11-13-30(14-12-19)24(26)27/h1-10,19-21H,11-16,25H2,(H3,26,27)(H,28,32)(H,29,31)/t20-,21+/m1/s1. The number of piperidine rings is 1. The normalized spacial score (nSPS) is 16.1. The topological polar surface area (TPSA) is 137 Å². The number of benzene rings is 2. The molecule has 0 aliphatic carbocycles. The van der Waals surface area contributed by atoms with E-state index in [0.717, 1.165) is 11.1 Å². The molecule has 0 radical (unpaired) electrons. The molecule has 0 saturated carbocycles. The number of hydrogen-bond donors (Lipinski definition) is 5. The van der Waals surface area contributed by atoms with Gasteiger partial charge in [0.15, 0.2) is 5.96 Å². The fourth-order valence-electron chi connectivity index (χ4n) is 3.87. The Morgan fingerprint density at radius 3 is 2.00 bits per heavy atom. The predicted molar refractivity (Wildman–Crippen MR) is 125 cm³/mol. The van der Waals surface area contributed by atoms with Crippen LogP contribution in [-0.4, -0.2) is 53.9 Å². The van der Waals surface area contributed by atoms with E-state index in [1.807, 2.05) is 60.7 Å². The number of rotatable bonds is 8. The van der Waals surface area contributed by atoms with Crippen molar-refractivity contribution in [2.75, 3.05) is 13.1 Å². The number of guanidine groups is 1. The highest BCUT2D eigenvalue weighted by Gasteiger charge is 2.28. The Labute approximate surface area is 188 Å². The monoisotopic (exact) mass is 436 g/mol. The fraction of sp³-hybridized carbons (Fsp3) is 0.375. The van der Waals surface area contributed by atoms with E-state index in [1.165, 1.54) is 0 Å². The molecule has 0 bridgehead atoms. The molecule has 0 spiro atoms. The van der Waals surface area contributed by atoms with Crippen LogP contribution in [0.15, 0.2) is 60.7 Å². The lowest BCUT2D eigenvalue weighted by Gasteiger charge is -2.33. The van der Waals surface area contributed by atoms with Crippen LogP contribution in [0.4, 0.5) is 0 Å². The minimum absolute atomic E-state index is 0.0220. The van der Waals surface area contributed by atoms with Gasteiger partial charge >= 0.3 is 0 Å². The number of nitrogens with zero attached hydrogens (tertiary/aromatic N) is 1. The Kier molecular flexibility index (Phi) is 8.21. The maximum atomic E-state index is 13.1. The van der Waals surface area contributed by atoms with E-state index in [1.54, 1.807) is 4.90 Å². The molecule has 0 aromatic heterocycles. The Morgan fingerprint density at radius 2 is 1.47 bits per heavy atom. The molecule has 170 valence electrons. The maximum absolute atomic E-state index is 13.1. The molecule has 1 aliphatic rings. The number of carbonyl (C=O) groups excluding carboxylic acids is 2. The summed E-state index contributed by atoms with van der Waals surface area (Å²) in [7, 11) is 0. The fourth-order valence-corrected chi connectivity index (χ4v) is 3.87. The molecule has 0 unspecified atom stereocenters. The third-order valence-electron chi connectivity index (χ3n) is 5.73. The van der Waals surface area contributed by atoms with Crippen molar-refractivity contribution in [1.82, 2.24) is 15.5 Å². The molecule has 1 aliphatic heterocycles. The van der Waals surface area contributed by atoms with Crippen molar-refractivity contribution in [3.8, 4) is 0 Å². The first-order valence-electron chi connectivity index (χ1n) is 11.0. The molecular weight excluding hydrogens is 404 g/mol. The molecule has 2 aromatic rings. The maximum Gasteiger partial charge on any atom is 0.243 e. The second kappa shape index (κ2) is 11.3. The van der Waals surface area contributed by atoms with E-state index < -0.39 is 12.1 Å². The second-order valence-electron chi connectivity index (χ2n) is 8.20. The Balaban J connectivity index is 1.62. The molecule has 8 nitrogen and oxygen atoms in total. The van der Waals surface area contributed by atoms with Crippen LogP contribution in [0.1, 0.15) is 24.0 Å². The van der Waals surface area contributed by atoms with E-state index in [-0.39, 0.29) is 23.8 Å². The zero-order valence-electron chi connectivity index (χ0n) is 18.2. The van der Waals surface area contributed by atoms with Crippen molar-refractivity contribution in [3.63, 3.8) is 0 Å². The number of amides is 2. The van der Waals surface area contributed by atoms with Gasteiger partial charge in [-0.2, -0.15) is 0 Å². The van der Waals surface area contributed by atoms with Gasteiger partial charge in [0, 0.05) is 25.6 Å². The molecule has 2 amide bonds. The number of nitrogens with two attached hydrogens (primary N) is 2. The first-order valence-corrected chi connectivity index (χ1v) is 11.0. The van der Waals surface area contributed by atoms with Gasteiger partial charge in [-0.05, 0) is 30.4 Å². The van der Waals surface area contributed by atoms with Gasteiger partial charge in [-0.1, -0.05) is 60.7 Å². The predicted octanol–water partition coefficient (Wildman–Crippen LogP) is 0.758. The molecule has 1 heterocycles. The zero-order chi connectivity index (χ0) is 22.9. The van der Waals surface area contributed by atoms with Crippen molar-refractivity contribution in [3.05, 3.63) is 71.8 Å². The van der Waals surface area contributed by atoms with Crippen molar-refractivity contribution < 1.29 is 9.59 Å². The zero-order valence-corrected chi connectivity index (χ0v) is 18.2. The summed E-state index contributed by atoms with van der Waals surface area (Å²) in [5, 5.41) is 13.5. The van der Waals surface area contributed by atoms with Gasteiger partial charge in [0.05, 0.1) is 6.04 Å². The summed E-state index contributed by atoms with van der Waals surface area (Å²) < 4.78 is 0. The third kappa shape index (κ3) is 6.81. The minimum atomic E-state index is -0.748. The molecule has 3 rings (SSSR count). The van der Waals surface area contributed by atoms with Gasteiger partial charge in [-0.15, -0.1) is 0 Å². The Hall–Kier alpha value is -3.39. The summed E-state index contributed by atoms with van der Waals surface area (Å²) in [6.07, 6.45) is 2.17. The average Bonchev–Trinajstić information content (AvgIpc) is 2.80. The van der Waals surface area contributed by atoms with E-state index >= 15 is 0 Å². The van der Waals surface area contributed by atoms with Gasteiger partial charge in [-0.25, -0.2) is 0 Å². The van der Waals surface area contributed by atoms with Gasteiger partial charge in [0.25, 0.3) is 0 Å². The third-order valence-corrected chi connectivity index (χ3v) is 5.73. The summed E-state index contributed by atoms with van der Waals surface area (Å²) in [4.78, 5) is 27.7. The minimum Gasteiger partial charge on any atom is -0.370 e. The van der Waals surface area contributed by atoms with Crippen LogP contribution in [-0.2, 0) is 22.4 Å². The Bertz CT molecular complexity index is 897. The number of nitrogens with one attached hydrogen (secondary N) is 3. The van der Waals surface area contributed by atoms with Crippen LogP contribution in [0.3, 0.4) is 0 Å². The van der Waals surface area contributed by atoms with Crippen LogP contribution >= 0.6 is 0 Å². The van der Waals surface area contributed by atoms with E-state index in [0.29, 0.717) is 38.8 Å². The molecule has 2 aromatic carbocycles. The largest absolute Gasteiger partial charge is 0.370 e. The molecule has 2 atom stereocenters. The smallest absolute Gasteiger partial charge is 0.243 e. The van der Waals surface area contributed by atoms with Gasteiger partial charge in [0.2, 0.25) is 11.8 Å². The molecular formula is C24H32N6O2. The lowest BCUT2D eigenvalue weighted by molar-refractivity contribution is -0.130. The SMILES string of the molecule is N=C(N)N1CCC(NC(=O)[C@H](Cc2ccccc2)NC(=O)[C@H](N)Cc2ccccc2)CC1. The van der Waals surface area contributed by atoms with E-state index in [9.17, 15) is 9.59 Å². The van der Waals surface area contributed by atoms with E-state index in [2.05, 4.69) is 10.6 Å². The molecule has 7 N–H and O–H groups in total. The lowest BCUT2D eigenvalue weighted by Crippen LogP contribution is -2.56. The summed E-state index contributed by atoms with van der Waals surface area (Å²) in [6.45, 7) is 1.25. The Morgan fingerprint density at radius 1 is 0.938 bits per heavy atom. The quantitative estimate of drug-likeness (QED) is 0.307. The van der Waals surface area contributed by atoms with Crippen molar-refractivity contribution in [1.29, 1.82) is 5.41 Å². The summed E-state index contributed by atoms with van der Waals surface area (Å²) in [5.74, 6) is -0.525. The number of carbonyl (C=O) groups is 2. The van der Waals surface area contributed by atoms with Gasteiger partial charge < -0.3 is 27.0 Å². The highest BCUT2D eigenvalue weighted by Crippen LogP contribution is 2.11. The first-order chi connectivity index (χ1) is 15.4. The summed E-state index contributed by atoms with van der Waals surface area (Å²) in [5.41, 5.74) is 13.6. The highest BCUT2D eigenvalue weighted by atomic mass is 16.2. The van der Waals surface area contributed by atoms with Crippen molar-refractivity contribution in [2.24, 2.45) is 11.5 Å². The van der Waals surface area contributed by atoms with Crippen molar-refractivity contribution >= 4 is 17.8 Å². The van der Waals surface area contributed by atoms with Crippen LogP contribution in [0.25, 0.3) is 0 Å². The van der Waals surface area contributed by atoms with Crippen LogP contribution < -0.4 is 22.1 Å². The van der Waals surface area contributed by atoms with Crippen LogP contribution in [0, 0.1) is 5.41 Å². The number of hydrogen-bond acceptors (Lipinski definition) is 4. The molecule has 1 saturated heterocycles. The average molecular weight is 437 g/mol.